The van der Waals surface area contributed by atoms with Crippen LogP contribution in [0.15, 0.2) is 18.2 Å². The zero-order valence-electron chi connectivity index (χ0n) is 9.57. The second-order valence-electron chi connectivity index (χ2n) is 4.40. The second-order valence-corrected chi connectivity index (χ2v) is 5.64. The van der Waals surface area contributed by atoms with Crippen molar-refractivity contribution in [2.75, 3.05) is 25.0 Å². The fraction of sp³-hybridized carbons (Fsp3) is 0.333. The summed E-state index contributed by atoms with van der Waals surface area (Å²) < 4.78 is 0.988. The van der Waals surface area contributed by atoms with Gasteiger partial charge in [0.2, 0.25) is 5.91 Å². The Balaban J connectivity index is 2.09. The maximum absolute atomic E-state index is 12.5. The quantitative estimate of drug-likeness (QED) is 0.671. The van der Waals surface area contributed by atoms with Crippen molar-refractivity contribution in [3.8, 4) is 0 Å². The maximum Gasteiger partial charge on any atom is 0.256 e. The number of amides is 2. The minimum absolute atomic E-state index is 0.0617. The fourth-order valence-corrected chi connectivity index (χ4v) is 2.85. The summed E-state index contributed by atoms with van der Waals surface area (Å²) in [6.45, 7) is 1.82. The van der Waals surface area contributed by atoms with Crippen LogP contribution in [0.25, 0.3) is 0 Å². The van der Waals surface area contributed by atoms with Gasteiger partial charge < -0.3 is 15.5 Å². The van der Waals surface area contributed by atoms with Crippen molar-refractivity contribution in [2.24, 2.45) is 0 Å². The first-order chi connectivity index (χ1) is 8.66. The van der Waals surface area contributed by atoms with Crippen LogP contribution in [0.1, 0.15) is 10.4 Å². The maximum atomic E-state index is 12.5. The number of piperazine rings is 1. The first kappa shape index (κ1) is 11.9. The van der Waals surface area contributed by atoms with Gasteiger partial charge in [-0.1, -0.05) is 0 Å². The molecule has 3 rings (SSSR count). The Bertz CT molecular complexity index is 532. The molecule has 1 atom stereocenters. The summed E-state index contributed by atoms with van der Waals surface area (Å²) >= 11 is 2.17. The molecule has 2 heterocycles. The standard InChI is InChI=1S/C12H12IN3O2/c13-7-1-2-9-8(5-7)12(18)16-4-3-14-6-10(16)11(17)15-9/h1-2,5,10,14H,3-4,6H2,(H,15,17). The van der Waals surface area contributed by atoms with Gasteiger partial charge in [-0.05, 0) is 40.8 Å². The van der Waals surface area contributed by atoms with E-state index in [4.69, 9.17) is 0 Å². The lowest BCUT2D eigenvalue weighted by molar-refractivity contribution is -0.120. The number of benzene rings is 1. The Kier molecular flexibility index (Phi) is 2.98. The van der Waals surface area contributed by atoms with Crippen LogP contribution >= 0.6 is 22.6 Å². The Morgan fingerprint density at radius 2 is 2.17 bits per heavy atom. The van der Waals surface area contributed by atoms with Crippen molar-refractivity contribution in [3.05, 3.63) is 27.3 Å². The highest BCUT2D eigenvalue weighted by molar-refractivity contribution is 14.1. The summed E-state index contributed by atoms with van der Waals surface area (Å²) in [5.74, 6) is -0.177. The van der Waals surface area contributed by atoms with Gasteiger partial charge in [0.1, 0.15) is 6.04 Å². The van der Waals surface area contributed by atoms with E-state index in [1.165, 1.54) is 0 Å². The van der Waals surface area contributed by atoms with Crippen LogP contribution in [0.3, 0.4) is 0 Å². The van der Waals surface area contributed by atoms with E-state index >= 15 is 0 Å². The summed E-state index contributed by atoms with van der Waals surface area (Å²) in [5.41, 5.74) is 1.19. The number of fused-ring (bicyclic) bond motifs is 2. The third-order valence-electron chi connectivity index (χ3n) is 3.28. The average molecular weight is 357 g/mol. The molecular weight excluding hydrogens is 345 g/mol. The molecule has 0 radical (unpaired) electrons. The molecule has 5 nitrogen and oxygen atoms in total. The molecule has 1 aromatic carbocycles. The summed E-state index contributed by atoms with van der Waals surface area (Å²) in [7, 11) is 0. The molecule has 0 saturated carbocycles. The van der Waals surface area contributed by atoms with Gasteiger partial charge in [-0.15, -0.1) is 0 Å². The number of hydrogen-bond donors (Lipinski definition) is 2. The molecule has 94 valence electrons. The van der Waals surface area contributed by atoms with Crippen molar-refractivity contribution in [2.45, 2.75) is 6.04 Å². The summed E-state index contributed by atoms with van der Waals surface area (Å²) in [6, 6.07) is 5.09. The van der Waals surface area contributed by atoms with Crippen molar-refractivity contribution in [1.82, 2.24) is 10.2 Å². The Labute approximate surface area is 118 Å². The third kappa shape index (κ3) is 1.89. The third-order valence-corrected chi connectivity index (χ3v) is 3.95. The number of halogens is 1. The fourth-order valence-electron chi connectivity index (χ4n) is 2.35. The van der Waals surface area contributed by atoms with Gasteiger partial charge in [-0.2, -0.15) is 0 Å². The van der Waals surface area contributed by atoms with Crippen LogP contribution in [-0.2, 0) is 4.79 Å². The Morgan fingerprint density at radius 1 is 1.33 bits per heavy atom. The molecular formula is C12H12IN3O2. The molecule has 0 spiro atoms. The van der Waals surface area contributed by atoms with Gasteiger partial charge in [-0.25, -0.2) is 0 Å². The van der Waals surface area contributed by atoms with Crippen molar-refractivity contribution >= 4 is 40.1 Å². The number of hydrogen-bond acceptors (Lipinski definition) is 3. The lowest BCUT2D eigenvalue weighted by Crippen LogP contribution is -2.57. The number of nitrogens with zero attached hydrogens (tertiary/aromatic N) is 1. The van der Waals surface area contributed by atoms with Crippen LogP contribution in [0.4, 0.5) is 5.69 Å². The smallest absolute Gasteiger partial charge is 0.256 e. The summed E-state index contributed by atoms with van der Waals surface area (Å²) in [6.07, 6.45) is 0. The first-order valence-corrected chi connectivity index (χ1v) is 6.87. The Hall–Kier alpha value is -1.15. The van der Waals surface area contributed by atoms with Gasteiger partial charge in [0.25, 0.3) is 5.91 Å². The summed E-state index contributed by atoms with van der Waals surface area (Å²) in [4.78, 5) is 26.2. The van der Waals surface area contributed by atoms with Gasteiger partial charge in [0.15, 0.2) is 0 Å². The first-order valence-electron chi connectivity index (χ1n) is 5.79. The molecule has 0 bridgehead atoms. The monoisotopic (exact) mass is 357 g/mol. The number of nitrogens with one attached hydrogen (secondary N) is 2. The van der Waals surface area contributed by atoms with Crippen molar-refractivity contribution in [1.29, 1.82) is 0 Å². The highest BCUT2D eigenvalue weighted by Gasteiger charge is 2.36. The molecule has 2 aliphatic heterocycles. The van der Waals surface area contributed by atoms with E-state index in [0.717, 1.165) is 10.1 Å². The normalized spacial score (nSPS) is 22.9. The SMILES string of the molecule is O=C1Nc2ccc(I)cc2C(=O)N2CCNCC12. The molecule has 1 saturated heterocycles. The molecule has 6 heteroatoms. The number of carbonyl (C=O) groups is 2. The van der Waals surface area contributed by atoms with Gasteiger partial charge in [-0.3, -0.25) is 9.59 Å². The molecule has 2 amide bonds. The predicted octanol–water partition coefficient (Wildman–Crippen LogP) is 0.657. The predicted molar refractivity (Wildman–Crippen MR) is 75.5 cm³/mol. The van der Waals surface area contributed by atoms with Crippen LogP contribution in [0.5, 0.6) is 0 Å². The highest BCUT2D eigenvalue weighted by atomic mass is 127. The Morgan fingerprint density at radius 3 is 3.00 bits per heavy atom. The van der Waals surface area contributed by atoms with E-state index in [1.54, 1.807) is 11.0 Å². The van der Waals surface area contributed by atoms with Crippen LogP contribution in [-0.4, -0.2) is 42.4 Å². The molecule has 0 aromatic heterocycles. The molecule has 1 aromatic rings. The van der Waals surface area contributed by atoms with Gasteiger partial charge >= 0.3 is 0 Å². The number of carbonyl (C=O) groups excluding carboxylic acids is 2. The minimum atomic E-state index is -0.406. The van der Waals surface area contributed by atoms with Crippen molar-refractivity contribution < 1.29 is 9.59 Å². The molecule has 0 aliphatic carbocycles. The zero-order chi connectivity index (χ0) is 12.7. The summed E-state index contributed by atoms with van der Waals surface area (Å²) in [5, 5.41) is 5.98. The largest absolute Gasteiger partial charge is 0.324 e. The van der Waals surface area contributed by atoms with Crippen LogP contribution in [0, 0.1) is 3.57 Å². The highest BCUT2D eigenvalue weighted by Crippen LogP contribution is 2.25. The van der Waals surface area contributed by atoms with E-state index in [-0.39, 0.29) is 11.8 Å². The zero-order valence-corrected chi connectivity index (χ0v) is 11.7. The van der Waals surface area contributed by atoms with Crippen molar-refractivity contribution in [3.63, 3.8) is 0 Å². The number of anilines is 1. The molecule has 18 heavy (non-hydrogen) atoms. The number of rotatable bonds is 0. The average Bonchev–Trinajstić information content (AvgIpc) is 2.48. The minimum Gasteiger partial charge on any atom is -0.324 e. The van der Waals surface area contributed by atoms with Crippen LogP contribution < -0.4 is 10.6 Å². The van der Waals surface area contributed by atoms with Gasteiger partial charge in [0.05, 0.1) is 11.3 Å². The van der Waals surface area contributed by atoms with E-state index in [0.29, 0.717) is 24.3 Å². The molecule has 2 aliphatic rings. The van der Waals surface area contributed by atoms with Crippen LogP contribution in [0.2, 0.25) is 0 Å². The lowest BCUT2D eigenvalue weighted by Gasteiger charge is -2.33. The molecule has 1 fully saturated rings. The van der Waals surface area contributed by atoms with E-state index in [2.05, 4.69) is 33.2 Å². The molecule has 2 N–H and O–H groups in total. The second kappa shape index (κ2) is 4.51. The van der Waals surface area contributed by atoms with Gasteiger partial charge in [0, 0.05) is 23.2 Å². The molecule has 1 unspecified atom stereocenters. The van der Waals surface area contributed by atoms with E-state index in [9.17, 15) is 9.59 Å². The lowest BCUT2D eigenvalue weighted by atomic mass is 10.1. The van der Waals surface area contributed by atoms with E-state index in [1.807, 2.05) is 12.1 Å². The van der Waals surface area contributed by atoms with E-state index < -0.39 is 6.04 Å². The topological polar surface area (TPSA) is 61.4 Å².